The van der Waals surface area contributed by atoms with E-state index in [4.69, 9.17) is 11.6 Å². The molecule has 18 heavy (non-hydrogen) atoms. The van der Waals surface area contributed by atoms with Crippen LogP contribution < -0.4 is 0 Å². The number of hydrogen-bond acceptors (Lipinski definition) is 2. The van der Waals surface area contributed by atoms with Crippen molar-refractivity contribution in [3.63, 3.8) is 0 Å². The standard InChI is InChI=1S/C15H12ClNO/c16-13-4-2-1-3-12(13)15(18)14-9-11(7-8-17-14)10-5-6-10/h1-4,7-10H,5-6H2. The molecule has 0 aliphatic heterocycles. The monoisotopic (exact) mass is 257 g/mol. The summed E-state index contributed by atoms with van der Waals surface area (Å²) in [6.07, 6.45) is 4.13. The second-order valence-corrected chi connectivity index (χ2v) is 4.96. The summed E-state index contributed by atoms with van der Waals surface area (Å²) in [5.74, 6) is 0.508. The van der Waals surface area contributed by atoms with Gasteiger partial charge in [0.1, 0.15) is 5.69 Å². The molecule has 1 heterocycles. The van der Waals surface area contributed by atoms with Gasteiger partial charge in [-0.1, -0.05) is 23.7 Å². The zero-order valence-electron chi connectivity index (χ0n) is 9.77. The topological polar surface area (TPSA) is 30.0 Å². The van der Waals surface area contributed by atoms with Crippen molar-refractivity contribution < 1.29 is 4.79 Å². The molecular weight excluding hydrogens is 246 g/mol. The van der Waals surface area contributed by atoms with Crippen molar-refractivity contribution >= 4 is 17.4 Å². The maximum atomic E-state index is 12.3. The van der Waals surface area contributed by atoms with Crippen LogP contribution in [0.1, 0.15) is 40.4 Å². The number of ketones is 1. The number of hydrogen-bond donors (Lipinski definition) is 0. The van der Waals surface area contributed by atoms with Crippen molar-refractivity contribution in [1.82, 2.24) is 4.98 Å². The summed E-state index contributed by atoms with van der Waals surface area (Å²) in [4.78, 5) is 16.5. The first-order valence-corrected chi connectivity index (χ1v) is 6.38. The Morgan fingerprint density at radius 1 is 1.22 bits per heavy atom. The molecule has 0 saturated heterocycles. The third-order valence-electron chi connectivity index (χ3n) is 3.18. The molecule has 0 spiro atoms. The van der Waals surface area contributed by atoms with Crippen molar-refractivity contribution in [2.45, 2.75) is 18.8 Å². The first kappa shape index (κ1) is 11.4. The minimum absolute atomic E-state index is 0.108. The van der Waals surface area contributed by atoms with E-state index in [1.807, 2.05) is 24.3 Å². The van der Waals surface area contributed by atoms with Gasteiger partial charge in [-0.25, -0.2) is 0 Å². The highest BCUT2D eigenvalue weighted by Crippen LogP contribution is 2.40. The van der Waals surface area contributed by atoms with E-state index in [9.17, 15) is 4.79 Å². The van der Waals surface area contributed by atoms with E-state index in [-0.39, 0.29) is 5.78 Å². The van der Waals surface area contributed by atoms with Gasteiger partial charge in [0.25, 0.3) is 0 Å². The van der Waals surface area contributed by atoms with Crippen LogP contribution in [0.3, 0.4) is 0 Å². The van der Waals surface area contributed by atoms with Crippen LogP contribution in [0.25, 0.3) is 0 Å². The van der Waals surface area contributed by atoms with E-state index >= 15 is 0 Å². The van der Waals surface area contributed by atoms with Crippen LogP contribution in [0.4, 0.5) is 0 Å². The average Bonchev–Trinajstić information content (AvgIpc) is 3.23. The number of aromatic nitrogens is 1. The van der Waals surface area contributed by atoms with E-state index in [1.54, 1.807) is 18.3 Å². The lowest BCUT2D eigenvalue weighted by Gasteiger charge is -2.04. The molecule has 0 N–H and O–H groups in total. The van der Waals surface area contributed by atoms with Gasteiger partial charge in [0, 0.05) is 11.8 Å². The fourth-order valence-corrected chi connectivity index (χ4v) is 2.25. The van der Waals surface area contributed by atoms with Gasteiger partial charge >= 0.3 is 0 Å². The molecule has 1 fully saturated rings. The SMILES string of the molecule is O=C(c1cc(C2CC2)ccn1)c1ccccc1Cl. The Morgan fingerprint density at radius 2 is 2.00 bits per heavy atom. The average molecular weight is 258 g/mol. The fraction of sp³-hybridized carbons (Fsp3) is 0.200. The van der Waals surface area contributed by atoms with Crippen LogP contribution in [-0.2, 0) is 0 Å². The zero-order chi connectivity index (χ0) is 12.5. The molecule has 1 aliphatic carbocycles. The molecule has 0 bridgehead atoms. The maximum Gasteiger partial charge on any atom is 0.212 e. The van der Waals surface area contributed by atoms with Crippen molar-refractivity contribution in [3.8, 4) is 0 Å². The number of benzene rings is 1. The lowest BCUT2D eigenvalue weighted by atomic mass is 10.0. The maximum absolute atomic E-state index is 12.3. The Morgan fingerprint density at radius 3 is 2.72 bits per heavy atom. The second kappa shape index (κ2) is 4.54. The third kappa shape index (κ3) is 2.16. The molecule has 0 amide bonds. The van der Waals surface area contributed by atoms with Crippen LogP contribution in [0.2, 0.25) is 5.02 Å². The first-order valence-electron chi connectivity index (χ1n) is 6.01. The summed E-state index contributed by atoms with van der Waals surface area (Å²) in [5.41, 5.74) is 2.20. The molecule has 1 aliphatic rings. The minimum Gasteiger partial charge on any atom is -0.287 e. The van der Waals surface area contributed by atoms with Gasteiger partial charge in [-0.15, -0.1) is 0 Å². The molecule has 1 aromatic heterocycles. The summed E-state index contributed by atoms with van der Waals surface area (Å²) < 4.78 is 0. The van der Waals surface area contributed by atoms with Gasteiger partial charge < -0.3 is 0 Å². The molecule has 3 rings (SSSR count). The van der Waals surface area contributed by atoms with E-state index in [1.165, 1.54) is 18.4 Å². The van der Waals surface area contributed by atoms with Gasteiger partial charge in [-0.3, -0.25) is 9.78 Å². The van der Waals surface area contributed by atoms with Crippen LogP contribution in [0.5, 0.6) is 0 Å². The molecule has 2 aromatic rings. The van der Waals surface area contributed by atoms with Gasteiger partial charge in [-0.05, 0) is 48.6 Å². The highest BCUT2D eigenvalue weighted by Gasteiger charge is 2.24. The largest absolute Gasteiger partial charge is 0.287 e. The molecule has 2 nitrogen and oxygen atoms in total. The number of rotatable bonds is 3. The van der Waals surface area contributed by atoms with Crippen molar-refractivity contribution in [1.29, 1.82) is 0 Å². The number of halogens is 1. The highest BCUT2D eigenvalue weighted by molar-refractivity contribution is 6.34. The molecule has 0 radical (unpaired) electrons. The van der Waals surface area contributed by atoms with E-state index in [0.29, 0.717) is 22.2 Å². The lowest BCUT2D eigenvalue weighted by molar-refractivity contribution is 0.103. The van der Waals surface area contributed by atoms with E-state index < -0.39 is 0 Å². The molecule has 3 heteroatoms. The van der Waals surface area contributed by atoms with Crippen LogP contribution in [0.15, 0.2) is 42.6 Å². The summed E-state index contributed by atoms with van der Waals surface area (Å²) >= 11 is 6.04. The van der Waals surface area contributed by atoms with Gasteiger partial charge in [0.15, 0.2) is 0 Å². The van der Waals surface area contributed by atoms with Gasteiger partial charge in [0.2, 0.25) is 5.78 Å². The van der Waals surface area contributed by atoms with E-state index in [2.05, 4.69) is 4.98 Å². The van der Waals surface area contributed by atoms with Gasteiger partial charge in [-0.2, -0.15) is 0 Å². The molecule has 1 aromatic carbocycles. The molecular formula is C15H12ClNO. The van der Waals surface area contributed by atoms with Crippen molar-refractivity contribution in [2.75, 3.05) is 0 Å². The number of carbonyl (C=O) groups excluding carboxylic acids is 1. The molecule has 1 saturated carbocycles. The molecule has 0 atom stereocenters. The lowest BCUT2D eigenvalue weighted by Crippen LogP contribution is -2.05. The van der Waals surface area contributed by atoms with Crippen molar-refractivity contribution in [2.24, 2.45) is 0 Å². The summed E-state index contributed by atoms with van der Waals surface area (Å²) in [5, 5.41) is 0.473. The first-order chi connectivity index (χ1) is 8.75. The Labute approximate surface area is 111 Å². The Bertz CT molecular complexity index is 605. The predicted octanol–water partition coefficient (Wildman–Crippen LogP) is 3.84. The Hall–Kier alpha value is -1.67. The second-order valence-electron chi connectivity index (χ2n) is 4.56. The smallest absolute Gasteiger partial charge is 0.212 e. The third-order valence-corrected chi connectivity index (χ3v) is 3.51. The number of carbonyl (C=O) groups is 1. The Balaban J connectivity index is 1.97. The summed E-state index contributed by atoms with van der Waals surface area (Å²) in [7, 11) is 0. The van der Waals surface area contributed by atoms with E-state index in [0.717, 1.165) is 0 Å². The molecule has 0 unspecified atom stereocenters. The number of nitrogens with zero attached hydrogens (tertiary/aromatic N) is 1. The zero-order valence-corrected chi connectivity index (χ0v) is 10.5. The van der Waals surface area contributed by atoms with Gasteiger partial charge in [0.05, 0.1) is 5.02 Å². The molecule has 90 valence electrons. The summed E-state index contributed by atoms with van der Waals surface area (Å²) in [6.45, 7) is 0. The van der Waals surface area contributed by atoms with Crippen LogP contribution in [0, 0.1) is 0 Å². The Kier molecular flexibility index (Phi) is 2.88. The number of pyridine rings is 1. The predicted molar refractivity (Wildman–Crippen MR) is 71.1 cm³/mol. The van der Waals surface area contributed by atoms with Crippen molar-refractivity contribution in [3.05, 3.63) is 64.4 Å². The quantitative estimate of drug-likeness (QED) is 0.782. The minimum atomic E-state index is -0.108. The van der Waals surface area contributed by atoms with Crippen LogP contribution in [-0.4, -0.2) is 10.8 Å². The highest BCUT2D eigenvalue weighted by atomic mass is 35.5. The fourth-order valence-electron chi connectivity index (χ4n) is 2.02. The summed E-state index contributed by atoms with van der Waals surface area (Å²) in [6, 6.07) is 11.0. The normalized spacial score (nSPS) is 14.5. The van der Waals surface area contributed by atoms with Crippen LogP contribution >= 0.6 is 11.6 Å².